The van der Waals surface area contributed by atoms with E-state index in [9.17, 15) is 4.79 Å². The fourth-order valence-corrected chi connectivity index (χ4v) is 1.84. The molecule has 0 unspecified atom stereocenters. The Morgan fingerprint density at radius 2 is 2.17 bits per heavy atom. The Labute approximate surface area is 109 Å². The first kappa shape index (κ1) is 12.4. The minimum absolute atomic E-state index is 0.281. The van der Waals surface area contributed by atoms with Crippen molar-refractivity contribution < 1.29 is 4.79 Å². The first-order chi connectivity index (χ1) is 8.49. The van der Waals surface area contributed by atoms with Crippen molar-refractivity contribution in [3.63, 3.8) is 0 Å². The summed E-state index contributed by atoms with van der Waals surface area (Å²) < 4.78 is 0. The van der Waals surface area contributed by atoms with Crippen LogP contribution in [0, 0.1) is 13.8 Å². The molecule has 0 saturated heterocycles. The van der Waals surface area contributed by atoms with Gasteiger partial charge in [-0.2, -0.15) is 5.10 Å². The molecule has 4 N–H and O–H groups in total. The SMILES string of the molecule is Cc1n[nH]c(C)c1NC(=O)c1ccc(Cl)cc1N. The molecule has 0 aliphatic heterocycles. The highest BCUT2D eigenvalue weighted by Gasteiger charge is 2.14. The minimum atomic E-state index is -0.281. The maximum Gasteiger partial charge on any atom is 0.257 e. The van der Waals surface area contributed by atoms with E-state index in [2.05, 4.69) is 15.5 Å². The van der Waals surface area contributed by atoms with E-state index in [1.54, 1.807) is 18.2 Å². The van der Waals surface area contributed by atoms with Crippen LogP contribution < -0.4 is 11.1 Å². The maximum atomic E-state index is 12.1. The molecule has 1 aromatic heterocycles. The molecular weight excluding hydrogens is 252 g/mol. The average Bonchev–Trinajstić information content (AvgIpc) is 2.60. The average molecular weight is 265 g/mol. The molecule has 1 heterocycles. The number of amides is 1. The smallest absolute Gasteiger partial charge is 0.257 e. The van der Waals surface area contributed by atoms with Crippen molar-refractivity contribution in [2.75, 3.05) is 11.1 Å². The van der Waals surface area contributed by atoms with Crippen LogP contribution in [0.4, 0.5) is 11.4 Å². The lowest BCUT2D eigenvalue weighted by Crippen LogP contribution is -2.14. The molecule has 0 aliphatic carbocycles. The second-order valence-corrected chi connectivity index (χ2v) is 4.43. The number of aromatic nitrogens is 2. The van der Waals surface area contributed by atoms with Gasteiger partial charge in [0.05, 0.1) is 22.6 Å². The normalized spacial score (nSPS) is 10.4. The molecule has 94 valence electrons. The van der Waals surface area contributed by atoms with Crippen LogP contribution in [0.5, 0.6) is 0 Å². The number of nitrogens with two attached hydrogens (primary N) is 1. The summed E-state index contributed by atoms with van der Waals surface area (Å²) in [6.07, 6.45) is 0. The van der Waals surface area contributed by atoms with Gasteiger partial charge in [-0.3, -0.25) is 9.89 Å². The molecular formula is C12H13ClN4O. The molecule has 5 nitrogen and oxygen atoms in total. The van der Waals surface area contributed by atoms with Crippen LogP contribution in [-0.4, -0.2) is 16.1 Å². The standard InChI is InChI=1S/C12H13ClN4O/c1-6-11(7(2)17-16-6)15-12(18)9-4-3-8(13)5-10(9)14/h3-5H,14H2,1-2H3,(H,15,18)(H,16,17). The highest BCUT2D eigenvalue weighted by Crippen LogP contribution is 2.21. The molecule has 0 spiro atoms. The molecule has 0 bridgehead atoms. The van der Waals surface area contributed by atoms with Gasteiger partial charge in [0.2, 0.25) is 0 Å². The van der Waals surface area contributed by atoms with Gasteiger partial charge in [0.25, 0.3) is 5.91 Å². The fourth-order valence-electron chi connectivity index (χ4n) is 1.66. The first-order valence-corrected chi connectivity index (χ1v) is 5.74. The van der Waals surface area contributed by atoms with Crippen molar-refractivity contribution in [2.24, 2.45) is 0 Å². The van der Waals surface area contributed by atoms with Crippen molar-refractivity contribution in [1.29, 1.82) is 0 Å². The summed E-state index contributed by atoms with van der Waals surface area (Å²) in [7, 11) is 0. The third-order valence-corrected chi connectivity index (χ3v) is 2.86. The predicted octanol–water partition coefficient (Wildman–Crippen LogP) is 2.51. The van der Waals surface area contributed by atoms with Crippen LogP contribution in [0.3, 0.4) is 0 Å². The predicted molar refractivity (Wildman–Crippen MR) is 71.9 cm³/mol. The lowest BCUT2D eigenvalue weighted by Gasteiger charge is -2.07. The zero-order valence-corrected chi connectivity index (χ0v) is 10.8. The number of carbonyl (C=O) groups excluding carboxylic acids is 1. The Kier molecular flexibility index (Phi) is 3.25. The lowest BCUT2D eigenvalue weighted by atomic mass is 10.1. The molecule has 0 atom stereocenters. The molecule has 18 heavy (non-hydrogen) atoms. The van der Waals surface area contributed by atoms with Crippen LogP contribution in [0.2, 0.25) is 5.02 Å². The summed E-state index contributed by atoms with van der Waals surface area (Å²) in [6, 6.07) is 4.77. The zero-order chi connectivity index (χ0) is 13.3. The monoisotopic (exact) mass is 264 g/mol. The summed E-state index contributed by atoms with van der Waals surface area (Å²) in [6.45, 7) is 3.64. The van der Waals surface area contributed by atoms with Gasteiger partial charge in [-0.15, -0.1) is 0 Å². The van der Waals surface area contributed by atoms with Gasteiger partial charge in [0.1, 0.15) is 0 Å². The Morgan fingerprint density at radius 1 is 1.44 bits per heavy atom. The van der Waals surface area contributed by atoms with Crippen LogP contribution in [0.15, 0.2) is 18.2 Å². The quantitative estimate of drug-likeness (QED) is 0.729. The van der Waals surface area contributed by atoms with Gasteiger partial charge in [-0.05, 0) is 32.0 Å². The van der Waals surface area contributed by atoms with Crippen molar-refractivity contribution in [2.45, 2.75) is 13.8 Å². The molecule has 1 amide bonds. The first-order valence-electron chi connectivity index (χ1n) is 5.37. The number of carbonyl (C=O) groups is 1. The summed E-state index contributed by atoms with van der Waals surface area (Å²) in [5, 5.41) is 10.1. The van der Waals surface area contributed by atoms with Crippen LogP contribution in [-0.2, 0) is 0 Å². The third kappa shape index (κ3) is 2.31. The molecule has 6 heteroatoms. The van der Waals surface area contributed by atoms with E-state index in [1.807, 2.05) is 13.8 Å². The minimum Gasteiger partial charge on any atom is -0.398 e. The summed E-state index contributed by atoms with van der Waals surface area (Å²) in [5.41, 5.74) is 8.70. The second kappa shape index (κ2) is 4.70. The van der Waals surface area contributed by atoms with Crippen LogP contribution in [0.25, 0.3) is 0 Å². The number of aromatic amines is 1. The number of nitrogens with zero attached hydrogens (tertiary/aromatic N) is 1. The topological polar surface area (TPSA) is 83.8 Å². The van der Waals surface area contributed by atoms with E-state index in [4.69, 9.17) is 17.3 Å². The molecule has 2 aromatic rings. The number of hydrogen-bond acceptors (Lipinski definition) is 3. The number of halogens is 1. The number of nitrogens with one attached hydrogen (secondary N) is 2. The summed E-state index contributed by atoms with van der Waals surface area (Å²) in [5.74, 6) is -0.281. The van der Waals surface area contributed by atoms with E-state index < -0.39 is 0 Å². The van der Waals surface area contributed by atoms with Gasteiger partial charge in [-0.1, -0.05) is 11.6 Å². The van der Waals surface area contributed by atoms with Crippen molar-refractivity contribution in [3.05, 3.63) is 40.2 Å². The third-order valence-electron chi connectivity index (χ3n) is 2.62. The second-order valence-electron chi connectivity index (χ2n) is 3.99. The lowest BCUT2D eigenvalue weighted by molar-refractivity contribution is 0.102. The summed E-state index contributed by atoms with van der Waals surface area (Å²) in [4.78, 5) is 12.1. The number of aryl methyl sites for hydroxylation is 2. The number of anilines is 2. The van der Waals surface area contributed by atoms with E-state index in [0.29, 0.717) is 22.0 Å². The van der Waals surface area contributed by atoms with Crippen molar-refractivity contribution in [1.82, 2.24) is 10.2 Å². The Bertz CT molecular complexity index is 587. The number of nitrogen functional groups attached to an aromatic ring is 1. The maximum absolute atomic E-state index is 12.1. The Balaban J connectivity index is 2.28. The van der Waals surface area contributed by atoms with E-state index in [0.717, 1.165) is 11.4 Å². The van der Waals surface area contributed by atoms with Crippen molar-refractivity contribution >= 4 is 28.9 Å². The zero-order valence-electron chi connectivity index (χ0n) is 10.0. The number of benzene rings is 1. The van der Waals surface area contributed by atoms with Gasteiger partial charge in [0.15, 0.2) is 0 Å². The Morgan fingerprint density at radius 3 is 2.72 bits per heavy atom. The number of rotatable bonds is 2. The fraction of sp³-hybridized carbons (Fsp3) is 0.167. The molecule has 0 aliphatic rings. The molecule has 0 radical (unpaired) electrons. The molecule has 0 fully saturated rings. The molecule has 0 saturated carbocycles. The number of hydrogen-bond donors (Lipinski definition) is 3. The van der Waals surface area contributed by atoms with E-state index >= 15 is 0 Å². The van der Waals surface area contributed by atoms with Crippen molar-refractivity contribution in [3.8, 4) is 0 Å². The largest absolute Gasteiger partial charge is 0.398 e. The van der Waals surface area contributed by atoms with Gasteiger partial charge < -0.3 is 11.1 Å². The number of H-pyrrole nitrogens is 1. The van der Waals surface area contributed by atoms with E-state index in [-0.39, 0.29) is 5.91 Å². The summed E-state index contributed by atoms with van der Waals surface area (Å²) >= 11 is 5.79. The van der Waals surface area contributed by atoms with Gasteiger partial charge in [0, 0.05) is 10.7 Å². The van der Waals surface area contributed by atoms with E-state index in [1.165, 1.54) is 0 Å². The van der Waals surface area contributed by atoms with Gasteiger partial charge >= 0.3 is 0 Å². The van der Waals surface area contributed by atoms with Gasteiger partial charge in [-0.25, -0.2) is 0 Å². The molecule has 1 aromatic carbocycles. The van der Waals surface area contributed by atoms with Crippen LogP contribution in [0.1, 0.15) is 21.7 Å². The highest BCUT2D eigenvalue weighted by atomic mass is 35.5. The Hall–Kier alpha value is -2.01. The highest BCUT2D eigenvalue weighted by molar-refractivity contribution is 6.31. The van der Waals surface area contributed by atoms with Crippen LogP contribution >= 0.6 is 11.6 Å². The molecule has 2 rings (SSSR count).